The van der Waals surface area contributed by atoms with Gasteiger partial charge in [-0.25, -0.2) is 0 Å². The molecular weight excluding hydrogens is 527 g/mol. The van der Waals surface area contributed by atoms with Crippen molar-refractivity contribution < 1.29 is 4.74 Å². The molecule has 1 aromatic heterocycles. The van der Waals surface area contributed by atoms with Crippen molar-refractivity contribution in [3.63, 3.8) is 0 Å². The lowest BCUT2D eigenvalue weighted by Gasteiger charge is -2.39. The summed E-state index contributed by atoms with van der Waals surface area (Å²) < 4.78 is 8.29. The fourth-order valence-electron chi connectivity index (χ4n) is 7.73. The van der Waals surface area contributed by atoms with E-state index in [1.54, 1.807) is 11.1 Å². The van der Waals surface area contributed by atoms with Crippen molar-refractivity contribution in [3.8, 4) is 11.1 Å². The van der Waals surface area contributed by atoms with Gasteiger partial charge in [-0.15, -0.1) is 0 Å². The fourth-order valence-corrected chi connectivity index (χ4v) is 12.9. The van der Waals surface area contributed by atoms with Crippen LogP contribution in [0.4, 0.5) is 0 Å². The average molecular weight is 574 g/mol. The standard InChI is InChI=1S/C39H47NOSi/c1-28-26-34-31(29-22-23-37-35(27-29)32-18-11-12-21-36(32)40(37)5)19-15-20-33(34)38(28)42(6,30-16-9-10-17-30)25-14-8-7-13-24-41-39(2,3)4/h9-12,15-23,26-27,30,38H,7-8,13-14,24-25H2,1-6H3. The topological polar surface area (TPSA) is 14.2 Å². The Bertz CT molecular complexity index is 1680. The molecular formula is C39H47NOSi. The minimum atomic E-state index is -1.77. The van der Waals surface area contributed by atoms with Crippen LogP contribution < -0.4 is 0 Å². The van der Waals surface area contributed by atoms with E-state index in [2.05, 4.69) is 137 Å². The van der Waals surface area contributed by atoms with Gasteiger partial charge in [0, 0.05) is 41.0 Å². The SMILES string of the molecule is CC1=Cc2c(-c3ccc4c(c3)c3ccccc3n4C)cccc2C1[Si](C)(CCCCCCOC(C)(C)C)C1C=CC=C1. The summed E-state index contributed by atoms with van der Waals surface area (Å²) in [5.41, 5.74) is 11.0. The van der Waals surface area contributed by atoms with E-state index in [9.17, 15) is 0 Å². The van der Waals surface area contributed by atoms with Crippen LogP contribution in [0.25, 0.3) is 39.0 Å². The first-order valence-electron chi connectivity index (χ1n) is 15.9. The molecule has 42 heavy (non-hydrogen) atoms. The van der Waals surface area contributed by atoms with Crippen molar-refractivity contribution in [2.45, 2.75) is 82.7 Å². The highest BCUT2D eigenvalue weighted by Gasteiger charge is 2.45. The Morgan fingerprint density at radius 3 is 2.36 bits per heavy atom. The Hall–Kier alpha value is -3.14. The monoisotopic (exact) mass is 573 g/mol. The van der Waals surface area contributed by atoms with Crippen LogP contribution in [0.5, 0.6) is 0 Å². The van der Waals surface area contributed by atoms with Crippen LogP contribution in [-0.2, 0) is 11.8 Å². The van der Waals surface area contributed by atoms with Gasteiger partial charge in [0.2, 0.25) is 0 Å². The first-order valence-corrected chi connectivity index (χ1v) is 18.8. The molecule has 0 N–H and O–H groups in total. The quantitative estimate of drug-likeness (QED) is 0.136. The summed E-state index contributed by atoms with van der Waals surface area (Å²) in [6.07, 6.45) is 17.1. The zero-order valence-corrected chi connectivity index (χ0v) is 27.4. The molecule has 0 amide bonds. The van der Waals surface area contributed by atoms with E-state index >= 15 is 0 Å². The van der Waals surface area contributed by atoms with Gasteiger partial charge in [-0.2, -0.15) is 0 Å². The third-order valence-electron chi connectivity index (χ3n) is 9.82. The summed E-state index contributed by atoms with van der Waals surface area (Å²) in [4.78, 5) is 0. The number of hydrogen-bond donors (Lipinski definition) is 0. The number of hydrogen-bond acceptors (Lipinski definition) is 1. The number of aryl methyl sites for hydroxylation is 1. The molecule has 0 aliphatic heterocycles. The van der Waals surface area contributed by atoms with Gasteiger partial charge in [0.05, 0.1) is 13.7 Å². The Morgan fingerprint density at radius 1 is 0.833 bits per heavy atom. The van der Waals surface area contributed by atoms with Gasteiger partial charge >= 0.3 is 0 Å². The van der Waals surface area contributed by atoms with Crippen LogP contribution in [0.1, 0.15) is 70.0 Å². The number of nitrogens with zero attached hydrogens (tertiary/aromatic N) is 1. The molecule has 0 fully saturated rings. The van der Waals surface area contributed by atoms with E-state index in [-0.39, 0.29) is 5.60 Å². The number of ether oxygens (including phenoxy) is 1. The number of unbranched alkanes of at least 4 members (excludes halogenated alkanes) is 3. The fraction of sp³-hybridized carbons (Fsp3) is 0.385. The maximum atomic E-state index is 5.97. The molecule has 0 spiro atoms. The molecule has 2 aliphatic rings. The average Bonchev–Trinajstić information content (AvgIpc) is 3.69. The summed E-state index contributed by atoms with van der Waals surface area (Å²) >= 11 is 0. The highest BCUT2D eigenvalue weighted by molar-refractivity contribution is 6.83. The number of allylic oxidation sites excluding steroid dienone is 5. The molecule has 2 unspecified atom stereocenters. The van der Waals surface area contributed by atoms with E-state index in [0.29, 0.717) is 11.1 Å². The Morgan fingerprint density at radius 2 is 1.57 bits per heavy atom. The van der Waals surface area contributed by atoms with Crippen LogP contribution >= 0.6 is 0 Å². The highest BCUT2D eigenvalue weighted by atomic mass is 28.3. The largest absolute Gasteiger partial charge is 0.376 e. The van der Waals surface area contributed by atoms with Gasteiger partial charge in [0.15, 0.2) is 0 Å². The third-order valence-corrected chi connectivity index (χ3v) is 15.2. The van der Waals surface area contributed by atoms with E-state index in [0.717, 1.165) is 13.0 Å². The van der Waals surface area contributed by atoms with E-state index in [1.165, 1.54) is 63.8 Å². The van der Waals surface area contributed by atoms with Gasteiger partial charge < -0.3 is 9.30 Å². The maximum Gasteiger partial charge on any atom is 0.0740 e. The first-order chi connectivity index (χ1) is 20.2. The number of para-hydroxylation sites is 1. The third kappa shape index (κ3) is 5.38. The van der Waals surface area contributed by atoms with Crippen molar-refractivity contribution in [1.82, 2.24) is 4.57 Å². The molecule has 0 saturated carbocycles. The van der Waals surface area contributed by atoms with Crippen molar-refractivity contribution in [1.29, 1.82) is 0 Å². The molecule has 2 atom stereocenters. The van der Waals surface area contributed by atoms with Crippen LogP contribution in [-0.4, -0.2) is 24.8 Å². The summed E-state index contributed by atoms with van der Waals surface area (Å²) in [5, 5.41) is 2.67. The number of aromatic nitrogens is 1. The van der Waals surface area contributed by atoms with Gasteiger partial charge in [-0.3, -0.25) is 0 Å². The Kier molecular flexibility index (Phi) is 7.93. The second-order valence-electron chi connectivity index (χ2n) is 13.9. The minimum absolute atomic E-state index is 0.0359. The van der Waals surface area contributed by atoms with Crippen LogP contribution in [0, 0.1) is 0 Å². The predicted octanol–water partition coefficient (Wildman–Crippen LogP) is 11.0. The predicted molar refractivity (Wildman–Crippen MR) is 185 cm³/mol. The Labute approximate surface area is 253 Å². The normalized spacial score (nSPS) is 18.2. The van der Waals surface area contributed by atoms with Crippen molar-refractivity contribution in [3.05, 3.63) is 102 Å². The molecule has 4 aromatic rings. The van der Waals surface area contributed by atoms with Crippen molar-refractivity contribution >= 4 is 36.0 Å². The molecule has 6 rings (SSSR count). The Balaban J connectivity index is 1.29. The molecule has 218 valence electrons. The highest BCUT2D eigenvalue weighted by Crippen LogP contribution is 2.52. The minimum Gasteiger partial charge on any atom is -0.376 e. The lowest BCUT2D eigenvalue weighted by atomic mass is 9.96. The maximum absolute atomic E-state index is 5.97. The zero-order chi connectivity index (χ0) is 29.5. The summed E-state index contributed by atoms with van der Waals surface area (Å²) in [6, 6.07) is 24.3. The van der Waals surface area contributed by atoms with E-state index < -0.39 is 8.07 Å². The second kappa shape index (κ2) is 11.5. The van der Waals surface area contributed by atoms with E-state index in [1.807, 2.05) is 0 Å². The molecule has 2 nitrogen and oxygen atoms in total. The van der Waals surface area contributed by atoms with Crippen LogP contribution in [0.3, 0.4) is 0 Å². The molecule has 3 aromatic carbocycles. The van der Waals surface area contributed by atoms with Crippen molar-refractivity contribution in [2.24, 2.45) is 7.05 Å². The van der Waals surface area contributed by atoms with Crippen molar-refractivity contribution in [2.75, 3.05) is 6.61 Å². The smallest absolute Gasteiger partial charge is 0.0740 e. The molecule has 0 bridgehead atoms. The molecule has 0 radical (unpaired) electrons. The first kappa shape index (κ1) is 29.0. The lowest BCUT2D eigenvalue weighted by Crippen LogP contribution is -2.42. The number of benzene rings is 3. The zero-order valence-electron chi connectivity index (χ0n) is 26.4. The second-order valence-corrected chi connectivity index (χ2v) is 18.6. The number of fused-ring (bicyclic) bond motifs is 4. The number of rotatable bonds is 10. The van der Waals surface area contributed by atoms with Crippen LogP contribution in [0.2, 0.25) is 18.1 Å². The molecule has 2 aliphatic carbocycles. The van der Waals surface area contributed by atoms with Crippen LogP contribution in [0.15, 0.2) is 90.5 Å². The molecule has 1 heterocycles. The van der Waals surface area contributed by atoms with Gasteiger partial charge in [0.1, 0.15) is 0 Å². The summed E-state index contributed by atoms with van der Waals surface area (Å²) in [5.74, 6) is 0. The molecule has 0 saturated heterocycles. The summed E-state index contributed by atoms with van der Waals surface area (Å²) in [7, 11) is 0.406. The van der Waals surface area contributed by atoms with E-state index in [4.69, 9.17) is 4.74 Å². The molecule has 3 heteroatoms. The summed E-state index contributed by atoms with van der Waals surface area (Å²) in [6.45, 7) is 12.4. The van der Waals surface area contributed by atoms with Gasteiger partial charge in [-0.1, -0.05) is 110 Å². The van der Waals surface area contributed by atoms with Gasteiger partial charge in [-0.05, 0) is 80.1 Å². The lowest BCUT2D eigenvalue weighted by molar-refractivity contribution is -0.00471. The van der Waals surface area contributed by atoms with Gasteiger partial charge in [0.25, 0.3) is 0 Å².